The molecule has 0 amide bonds. The number of hydrogen-bond acceptors (Lipinski definition) is 2. The first-order valence-electron chi connectivity index (χ1n) is 6.75. The summed E-state index contributed by atoms with van der Waals surface area (Å²) in [7, 11) is 0. The Hall–Kier alpha value is -1.03. The summed E-state index contributed by atoms with van der Waals surface area (Å²) in [5.41, 5.74) is 0. The van der Waals surface area contributed by atoms with E-state index in [9.17, 15) is 0 Å². The zero-order valence-corrected chi connectivity index (χ0v) is 12.7. The third kappa shape index (κ3) is 5.08. The number of thiophene rings is 1. The first-order valence-corrected chi connectivity index (χ1v) is 7.63. The topological polar surface area (TPSA) is 36.4 Å². The molecule has 2 atom stereocenters. The first-order chi connectivity index (χ1) is 8.67. The van der Waals surface area contributed by atoms with Crippen molar-refractivity contribution in [3.63, 3.8) is 0 Å². The Bertz CT molecular complexity index is 346. The van der Waals surface area contributed by atoms with Gasteiger partial charge in [-0.25, -0.2) is 0 Å². The molecule has 0 saturated carbocycles. The fourth-order valence-corrected chi connectivity index (χ4v) is 2.32. The van der Waals surface area contributed by atoms with Gasteiger partial charge in [-0.1, -0.05) is 19.9 Å². The Morgan fingerprint density at radius 2 is 2.17 bits per heavy atom. The molecule has 0 aliphatic carbocycles. The second-order valence-corrected chi connectivity index (χ2v) is 5.57. The van der Waals surface area contributed by atoms with E-state index in [0.29, 0.717) is 12.0 Å². The predicted octanol–water partition coefficient (Wildman–Crippen LogP) is 3.21. The smallest absolute Gasteiger partial charge is 0.191 e. The summed E-state index contributed by atoms with van der Waals surface area (Å²) in [6.45, 7) is 10.4. The van der Waals surface area contributed by atoms with Crippen LogP contribution in [0.4, 0.5) is 0 Å². The molecular weight excluding hydrogens is 242 g/mol. The van der Waals surface area contributed by atoms with E-state index in [0.717, 1.165) is 25.5 Å². The molecular formula is C14H25N3S. The molecule has 0 radical (unpaired) electrons. The van der Waals surface area contributed by atoms with Crippen molar-refractivity contribution in [2.24, 2.45) is 4.99 Å². The largest absolute Gasteiger partial charge is 0.357 e. The Morgan fingerprint density at radius 1 is 1.39 bits per heavy atom. The van der Waals surface area contributed by atoms with Crippen LogP contribution in [-0.4, -0.2) is 25.1 Å². The van der Waals surface area contributed by atoms with Crippen LogP contribution in [0, 0.1) is 0 Å². The number of guanidine groups is 1. The standard InChI is InChI=1S/C14H25N3S/c1-5-12(4)17-14(15-6-2)16-10-11(3)13-8-7-9-18-13/h7-9,11-12H,5-6,10H2,1-4H3,(H2,15,16,17). The lowest BCUT2D eigenvalue weighted by Crippen LogP contribution is -2.42. The third-order valence-electron chi connectivity index (χ3n) is 2.89. The van der Waals surface area contributed by atoms with E-state index in [-0.39, 0.29) is 0 Å². The van der Waals surface area contributed by atoms with E-state index < -0.39 is 0 Å². The van der Waals surface area contributed by atoms with E-state index in [2.05, 4.69) is 60.8 Å². The molecule has 0 bridgehead atoms. The van der Waals surface area contributed by atoms with Gasteiger partial charge in [0.2, 0.25) is 0 Å². The zero-order valence-electron chi connectivity index (χ0n) is 11.9. The summed E-state index contributed by atoms with van der Waals surface area (Å²) < 4.78 is 0. The summed E-state index contributed by atoms with van der Waals surface area (Å²) in [6.07, 6.45) is 1.10. The van der Waals surface area contributed by atoms with Crippen molar-refractivity contribution >= 4 is 17.3 Å². The minimum atomic E-state index is 0.458. The molecule has 102 valence electrons. The lowest BCUT2D eigenvalue weighted by Gasteiger charge is -2.17. The van der Waals surface area contributed by atoms with Gasteiger partial charge < -0.3 is 10.6 Å². The average Bonchev–Trinajstić information content (AvgIpc) is 2.89. The van der Waals surface area contributed by atoms with Gasteiger partial charge in [0, 0.05) is 23.4 Å². The number of rotatable bonds is 6. The van der Waals surface area contributed by atoms with Crippen LogP contribution in [0.3, 0.4) is 0 Å². The summed E-state index contributed by atoms with van der Waals surface area (Å²) in [6, 6.07) is 4.74. The van der Waals surface area contributed by atoms with Gasteiger partial charge in [-0.15, -0.1) is 11.3 Å². The lowest BCUT2D eigenvalue weighted by atomic mass is 10.1. The lowest BCUT2D eigenvalue weighted by molar-refractivity contribution is 0.622. The maximum absolute atomic E-state index is 4.66. The fourth-order valence-electron chi connectivity index (χ4n) is 1.55. The first kappa shape index (κ1) is 15.0. The van der Waals surface area contributed by atoms with Crippen LogP contribution in [0.2, 0.25) is 0 Å². The van der Waals surface area contributed by atoms with Crippen LogP contribution in [0.15, 0.2) is 22.5 Å². The van der Waals surface area contributed by atoms with Crippen LogP contribution < -0.4 is 10.6 Å². The highest BCUT2D eigenvalue weighted by molar-refractivity contribution is 7.10. The highest BCUT2D eigenvalue weighted by Gasteiger charge is 2.07. The molecule has 18 heavy (non-hydrogen) atoms. The molecule has 2 unspecified atom stereocenters. The normalized spacial score (nSPS) is 15.2. The molecule has 4 heteroatoms. The van der Waals surface area contributed by atoms with E-state index >= 15 is 0 Å². The second kappa shape index (κ2) is 8.14. The molecule has 1 aromatic rings. The number of aliphatic imine (C=N–C) groups is 1. The number of nitrogens with zero attached hydrogens (tertiary/aromatic N) is 1. The molecule has 0 spiro atoms. The van der Waals surface area contributed by atoms with Gasteiger partial charge in [0.05, 0.1) is 6.54 Å². The molecule has 0 aliphatic rings. The van der Waals surface area contributed by atoms with Gasteiger partial charge in [0.15, 0.2) is 5.96 Å². The van der Waals surface area contributed by atoms with E-state index in [1.807, 2.05) is 0 Å². The van der Waals surface area contributed by atoms with E-state index in [1.165, 1.54) is 4.88 Å². The molecule has 3 nitrogen and oxygen atoms in total. The number of nitrogens with one attached hydrogen (secondary N) is 2. The van der Waals surface area contributed by atoms with Gasteiger partial charge >= 0.3 is 0 Å². The molecule has 2 N–H and O–H groups in total. The average molecular weight is 267 g/mol. The molecule has 1 aromatic heterocycles. The van der Waals surface area contributed by atoms with Crippen molar-refractivity contribution in [2.75, 3.05) is 13.1 Å². The summed E-state index contributed by atoms with van der Waals surface area (Å²) in [4.78, 5) is 6.06. The zero-order chi connectivity index (χ0) is 13.4. The van der Waals surface area contributed by atoms with Crippen LogP contribution in [-0.2, 0) is 0 Å². The van der Waals surface area contributed by atoms with Crippen LogP contribution >= 0.6 is 11.3 Å². The fraction of sp³-hybridized carbons (Fsp3) is 0.643. The SMILES string of the molecule is CCNC(=NCC(C)c1cccs1)NC(C)CC. The molecule has 1 heterocycles. The van der Waals surface area contributed by atoms with Crippen LogP contribution in [0.5, 0.6) is 0 Å². The number of hydrogen-bond donors (Lipinski definition) is 2. The monoisotopic (exact) mass is 267 g/mol. The highest BCUT2D eigenvalue weighted by Crippen LogP contribution is 2.20. The van der Waals surface area contributed by atoms with Gasteiger partial charge in [-0.2, -0.15) is 0 Å². The minimum absolute atomic E-state index is 0.458. The van der Waals surface area contributed by atoms with E-state index in [1.54, 1.807) is 11.3 Å². The predicted molar refractivity (Wildman–Crippen MR) is 81.6 cm³/mol. The van der Waals surface area contributed by atoms with Crippen molar-refractivity contribution in [1.29, 1.82) is 0 Å². The minimum Gasteiger partial charge on any atom is -0.357 e. The Morgan fingerprint density at radius 3 is 2.72 bits per heavy atom. The van der Waals surface area contributed by atoms with Gasteiger partial charge in [0.1, 0.15) is 0 Å². The molecule has 0 aromatic carbocycles. The van der Waals surface area contributed by atoms with Gasteiger partial charge in [-0.3, -0.25) is 4.99 Å². The van der Waals surface area contributed by atoms with Crippen molar-refractivity contribution in [3.8, 4) is 0 Å². The van der Waals surface area contributed by atoms with Crippen molar-refractivity contribution < 1.29 is 0 Å². The molecule has 0 aliphatic heterocycles. The van der Waals surface area contributed by atoms with Gasteiger partial charge in [0.25, 0.3) is 0 Å². The van der Waals surface area contributed by atoms with Gasteiger partial charge in [-0.05, 0) is 31.7 Å². The van der Waals surface area contributed by atoms with Crippen molar-refractivity contribution in [2.45, 2.75) is 46.1 Å². The molecule has 0 fully saturated rings. The van der Waals surface area contributed by atoms with Crippen molar-refractivity contribution in [1.82, 2.24) is 10.6 Å². The summed E-state index contributed by atoms with van der Waals surface area (Å²) >= 11 is 1.80. The third-order valence-corrected chi connectivity index (χ3v) is 4.00. The van der Waals surface area contributed by atoms with E-state index in [4.69, 9.17) is 0 Å². The molecule has 0 saturated heterocycles. The maximum Gasteiger partial charge on any atom is 0.191 e. The Labute approximate surface area is 115 Å². The highest BCUT2D eigenvalue weighted by atomic mass is 32.1. The van der Waals surface area contributed by atoms with Crippen LogP contribution in [0.1, 0.15) is 44.9 Å². The summed E-state index contributed by atoms with van der Waals surface area (Å²) in [5.74, 6) is 1.41. The summed E-state index contributed by atoms with van der Waals surface area (Å²) in [5, 5.41) is 8.82. The maximum atomic E-state index is 4.66. The van der Waals surface area contributed by atoms with Crippen LogP contribution in [0.25, 0.3) is 0 Å². The Balaban J connectivity index is 2.54. The van der Waals surface area contributed by atoms with Crippen molar-refractivity contribution in [3.05, 3.63) is 22.4 Å². The Kier molecular flexibility index (Phi) is 6.80. The molecule has 1 rings (SSSR count). The second-order valence-electron chi connectivity index (χ2n) is 4.59. The quantitative estimate of drug-likeness (QED) is 0.613.